The number of rotatable bonds is 9. The Bertz CT molecular complexity index is 743. The zero-order valence-electron chi connectivity index (χ0n) is 15.5. The van der Waals surface area contributed by atoms with Crippen LogP contribution in [0.25, 0.3) is 0 Å². The van der Waals surface area contributed by atoms with Gasteiger partial charge >= 0.3 is 11.9 Å². The summed E-state index contributed by atoms with van der Waals surface area (Å²) in [7, 11) is 1.23. The number of carbonyl (C=O) groups excluding carboxylic acids is 3. The number of para-hydroxylation sites is 1. The molecule has 0 spiro atoms. The van der Waals surface area contributed by atoms with Crippen molar-refractivity contribution < 1.29 is 29.0 Å². The number of hydrogen-bond acceptors (Lipinski definition) is 7. The number of carbonyl (C=O) groups is 3. The zero-order valence-corrected chi connectivity index (χ0v) is 15.5. The van der Waals surface area contributed by atoms with Gasteiger partial charge in [0.15, 0.2) is 0 Å². The lowest BCUT2D eigenvalue weighted by Crippen LogP contribution is -2.31. The van der Waals surface area contributed by atoms with E-state index >= 15 is 0 Å². The van der Waals surface area contributed by atoms with E-state index in [0.29, 0.717) is 12.3 Å². The number of nitrogens with one attached hydrogen (secondary N) is 1. The highest BCUT2D eigenvalue weighted by Gasteiger charge is 2.35. The number of esters is 2. The fourth-order valence-electron chi connectivity index (χ4n) is 2.64. The Labute approximate surface area is 157 Å². The summed E-state index contributed by atoms with van der Waals surface area (Å²) >= 11 is 0. The number of ether oxygens (including phenoxy) is 2. The molecule has 8 nitrogen and oxygen atoms in total. The van der Waals surface area contributed by atoms with Gasteiger partial charge < -0.3 is 24.8 Å². The summed E-state index contributed by atoms with van der Waals surface area (Å²) < 4.78 is 9.99. The number of nitrogens with zero attached hydrogens (tertiary/aromatic N) is 1. The number of β-amino-alcohol motifs (C(OH)–C–C–N with tert-alkyl or cyclic N) is 1. The van der Waals surface area contributed by atoms with Crippen molar-refractivity contribution in [3.05, 3.63) is 41.1 Å². The third-order valence-corrected chi connectivity index (χ3v) is 4.09. The maximum Gasteiger partial charge on any atom is 0.340 e. The molecule has 27 heavy (non-hydrogen) atoms. The van der Waals surface area contributed by atoms with E-state index in [-0.39, 0.29) is 36.5 Å². The maximum absolute atomic E-state index is 12.6. The van der Waals surface area contributed by atoms with Crippen molar-refractivity contribution in [2.24, 2.45) is 0 Å². The molecule has 0 saturated carbocycles. The molecule has 1 aliphatic rings. The van der Waals surface area contributed by atoms with E-state index in [2.05, 4.69) is 5.32 Å². The minimum absolute atomic E-state index is 0.0253. The molecule has 1 heterocycles. The molecule has 0 saturated heterocycles. The molecule has 8 heteroatoms. The second kappa shape index (κ2) is 9.72. The third kappa shape index (κ3) is 4.85. The average Bonchev–Trinajstić information content (AvgIpc) is 2.98. The van der Waals surface area contributed by atoms with Gasteiger partial charge in [0.2, 0.25) is 0 Å². The second-order valence-electron chi connectivity index (χ2n) is 5.96. The predicted octanol–water partition coefficient (Wildman–Crippen LogP) is 1.32. The minimum Gasteiger partial charge on any atom is -0.466 e. The number of aliphatic hydroxyl groups excluding tert-OH is 1. The Kier molecular flexibility index (Phi) is 7.36. The molecule has 146 valence electrons. The Morgan fingerprint density at radius 2 is 2.00 bits per heavy atom. The summed E-state index contributed by atoms with van der Waals surface area (Å²) in [6, 6.07) is 6.60. The number of aliphatic hydroxyl groups is 1. The molecule has 1 aromatic rings. The van der Waals surface area contributed by atoms with Gasteiger partial charge in [0, 0.05) is 6.54 Å². The third-order valence-electron chi connectivity index (χ3n) is 4.09. The van der Waals surface area contributed by atoms with Crippen LogP contribution >= 0.6 is 0 Å². The van der Waals surface area contributed by atoms with Crippen LogP contribution in [-0.2, 0) is 19.1 Å². The smallest absolute Gasteiger partial charge is 0.340 e. The fourth-order valence-corrected chi connectivity index (χ4v) is 2.64. The molecule has 0 unspecified atom stereocenters. The van der Waals surface area contributed by atoms with Crippen molar-refractivity contribution in [3.8, 4) is 0 Å². The Hall–Kier alpha value is -2.87. The van der Waals surface area contributed by atoms with Crippen LogP contribution < -0.4 is 5.32 Å². The summed E-state index contributed by atoms with van der Waals surface area (Å²) in [5.41, 5.74) is 0.794. The molecule has 0 radical (unpaired) electrons. The van der Waals surface area contributed by atoms with Gasteiger partial charge in [-0.25, -0.2) is 9.59 Å². The van der Waals surface area contributed by atoms with Crippen LogP contribution in [-0.4, -0.2) is 61.3 Å². The SMILES string of the molecule is CCCCOC(=O)c1ccccc1NC1=C(C(=O)OC)CN(CCO)C1=O. The predicted molar refractivity (Wildman–Crippen MR) is 98.0 cm³/mol. The maximum atomic E-state index is 12.6. The Balaban J connectivity index is 2.29. The van der Waals surface area contributed by atoms with Crippen molar-refractivity contribution in [3.63, 3.8) is 0 Å². The first-order valence-corrected chi connectivity index (χ1v) is 8.78. The number of unbranched alkanes of at least 4 members (excludes halogenated alkanes) is 1. The Morgan fingerprint density at radius 1 is 1.26 bits per heavy atom. The number of methoxy groups -OCH3 is 1. The lowest BCUT2D eigenvalue weighted by molar-refractivity contribution is -0.136. The van der Waals surface area contributed by atoms with E-state index in [9.17, 15) is 14.4 Å². The molecule has 0 atom stereocenters. The lowest BCUT2D eigenvalue weighted by Gasteiger charge is -2.16. The van der Waals surface area contributed by atoms with Gasteiger partial charge in [0.05, 0.1) is 43.7 Å². The van der Waals surface area contributed by atoms with Crippen molar-refractivity contribution in [1.82, 2.24) is 4.90 Å². The first-order chi connectivity index (χ1) is 13.0. The van der Waals surface area contributed by atoms with Crippen LogP contribution in [0.5, 0.6) is 0 Å². The van der Waals surface area contributed by atoms with Crippen LogP contribution in [0.15, 0.2) is 35.5 Å². The molecule has 1 amide bonds. The summed E-state index contributed by atoms with van der Waals surface area (Å²) in [6.07, 6.45) is 1.66. The highest BCUT2D eigenvalue weighted by atomic mass is 16.5. The molecular weight excluding hydrogens is 352 g/mol. The van der Waals surface area contributed by atoms with E-state index in [4.69, 9.17) is 14.6 Å². The standard InChI is InChI=1S/C19H24N2O6/c1-3-4-11-27-19(25)13-7-5-6-8-15(13)20-16-14(18(24)26-2)12-21(9-10-22)17(16)23/h5-8,20,22H,3-4,9-12H2,1-2H3. The van der Waals surface area contributed by atoms with E-state index in [1.165, 1.54) is 12.0 Å². The molecule has 0 aromatic heterocycles. The van der Waals surface area contributed by atoms with Crippen LogP contribution in [0, 0.1) is 0 Å². The van der Waals surface area contributed by atoms with Crippen molar-refractivity contribution >= 4 is 23.5 Å². The molecule has 2 N–H and O–H groups in total. The number of hydrogen-bond donors (Lipinski definition) is 2. The number of anilines is 1. The van der Waals surface area contributed by atoms with E-state index in [0.717, 1.165) is 12.8 Å². The van der Waals surface area contributed by atoms with E-state index in [1.54, 1.807) is 24.3 Å². The molecular formula is C19H24N2O6. The quantitative estimate of drug-likeness (QED) is 0.495. The lowest BCUT2D eigenvalue weighted by atomic mass is 10.1. The minimum atomic E-state index is -0.644. The van der Waals surface area contributed by atoms with Gasteiger partial charge in [-0.3, -0.25) is 4.79 Å². The molecule has 0 bridgehead atoms. The highest BCUT2D eigenvalue weighted by Crippen LogP contribution is 2.25. The van der Waals surface area contributed by atoms with Gasteiger partial charge in [0.25, 0.3) is 5.91 Å². The monoisotopic (exact) mass is 376 g/mol. The summed E-state index contributed by atoms with van der Waals surface area (Å²) in [5, 5.41) is 12.0. The van der Waals surface area contributed by atoms with Gasteiger partial charge in [-0.1, -0.05) is 25.5 Å². The molecule has 0 fully saturated rings. The summed E-state index contributed by atoms with van der Waals surface area (Å²) in [6.45, 7) is 2.19. The van der Waals surface area contributed by atoms with Gasteiger partial charge in [-0.05, 0) is 18.6 Å². The van der Waals surface area contributed by atoms with Gasteiger partial charge in [-0.2, -0.15) is 0 Å². The number of amides is 1. The number of benzene rings is 1. The average molecular weight is 376 g/mol. The van der Waals surface area contributed by atoms with Crippen LogP contribution in [0.3, 0.4) is 0 Å². The van der Waals surface area contributed by atoms with Crippen molar-refractivity contribution in [1.29, 1.82) is 0 Å². The molecule has 2 rings (SSSR count). The molecule has 1 aliphatic heterocycles. The van der Waals surface area contributed by atoms with Crippen LogP contribution in [0.4, 0.5) is 5.69 Å². The second-order valence-corrected chi connectivity index (χ2v) is 5.96. The molecule has 1 aromatic carbocycles. The fraction of sp³-hybridized carbons (Fsp3) is 0.421. The van der Waals surface area contributed by atoms with Gasteiger partial charge in [-0.15, -0.1) is 0 Å². The normalized spacial score (nSPS) is 13.7. The summed E-state index contributed by atoms with van der Waals surface area (Å²) in [5.74, 6) is -1.60. The van der Waals surface area contributed by atoms with Crippen LogP contribution in [0.1, 0.15) is 30.1 Å². The highest BCUT2D eigenvalue weighted by molar-refractivity contribution is 6.09. The van der Waals surface area contributed by atoms with E-state index in [1.807, 2.05) is 6.92 Å². The zero-order chi connectivity index (χ0) is 19.8. The van der Waals surface area contributed by atoms with Crippen molar-refractivity contribution in [2.45, 2.75) is 19.8 Å². The largest absolute Gasteiger partial charge is 0.466 e. The van der Waals surface area contributed by atoms with Crippen molar-refractivity contribution in [2.75, 3.05) is 38.7 Å². The van der Waals surface area contributed by atoms with E-state index < -0.39 is 17.8 Å². The topological polar surface area (TPSA) is 105 Å². The van der Waals surface area contributed by atoms with Crippen LogP contribution in [0.2, 0.25) is 0 Å². The summed E-state index contributed by atoms with van der Waals surface area (Å²) in [4.78, 5) is 38.3. The van der Waals surface area contributed by atoms with Gasteiger partial charge in [0.1, 0.15) is 5.70 Å². The first kappa shape index (κ1) is 20.4. The first-order valence-electron chi connectivity index (χ1n) is 8.78. The molecule has 0 aliphatic carbocycles. The Morgan fingerprint density at radius 3 is 2.67 bits per heavy atom.